The van der Waals surface area contributed by atoms with E-state index in [2.05, 4.69) is 15.0 Å². The van der Waals surface area contributed by atoms with Crippen molar-refractivity contribution in [2.75, 3.05) is 39.3 Å². The number of rotatable bonds is 3. The SMILES string of the molecule is O=C(c1ccncc1O)N1CCCC1.O=C(c1ccncc1O)N1CCCC1.O=C(c1ccncc1O)N1CCCC1.[Fe]. The molecule has 6 rings (SSSR count). The summed E-state index contributed by atoms with van der Waals surface area (Å²) < 4.78 is 0. The maximum atomic E-state index is 11.8. The molecule has 3 fully saturated rings. The average molecular weight is 632 g/mol. The van der Waals surface area contributed by atoms with Crippen LogP contribution in [0.4, 0.5) is 0 Å². The first-order valence-corrected chi connectivity index (χ1v) is 14.1. The van der Waals surface area contributed by atoms with E-state index in [-0.39, 0.29) is 52.0 Å². The molecule has 0 spiro atoms. The Bertz CT molecular complexity index is 1210. The van der Waals surface area contributed by atoms with Crippen LogP contribution in [-0.4, -0.2) is 102 Å². The Morgan fingerprint density at radius 3 is 0.930 bits per heavy atom. The third-order valence-corrected chi connectivity index (χ3v) is 7.27. The van der Waals surface area contributed by atoms with Crippen LogP contribution in [0.2, 0.25) is 0 Å². The molecule has 0 saturated carbocycles. The number of carbonyl (C=O) groups excluding carboxylic acids is 3. The van der Waals surface area contributed by atoms with Gasteiger partial charge in [-0.05, 0) is 56.7 Å². The number of hydrogen-bond donors (Lipinski definition) is 3. The third-order valence-electron chi connectivity index (χ3n) is 7.27. The van der Waals surface area contributed by atoms with Crippen LogP contribution in [-0.2, 0) is 17.1 Å². The molecule has 0 atom stereocenters. The zero-order valence-electron chi connectivity index (χ0n) is 23.8. The smallest absolute Gasteiger partial charge is 0.257 e. The molecule has 3 aliphatic rings. The second-order valence-electron chi connectivity index (χ2n) is 10.2. The van der Waals surface area contributed by atoms with Crippen molar-refractivity contribution in [2.24, 2.45) is 0 Å². The topological polar surface area (TPSA) is 160 Å². The fraction of sp³-hybridized carbons (Fsp3) is 0.400. The summed E-state index contributed by atoms with van der Waals surface area (Å²) in [5.41, 5.74) is 1.05. The summed E-state index contributed by atoms with van der Waals surface area (Å²) in [6.45, 7) is 4.75. The minimum atomic E-state index is -0.0950. The molecular formula is C30H36FeN6O6. The van der Waals surface area contributed by atoms with E-state index in [1.165, 1.54) is 37.2 Å². The summed E-state index contributed by atoms with van der Waals surface area (Å²) in [5, 5.41) is 28.3. The summed E-state index contributed by atoms with van der Waals surface area (Å²) >= 11 is 0. The Hall–Kier alpha value is -4.22. The van der Waals surface area contributed by atoms with Gasteiger partial charge in [0, 0.05) is 74.9 Å². The molecular weight excluding hydrogens is 596 g/mol. The van der Waals surface area contributed by atoms with E-state index in [1.807, 2.05) is 0 Å². The molecule has 3 aliphatic heterocycles. The minimum absolute atomic E-state index is 0. The average Bonchev–Trinajstić information content (AvgIpc) is 3.82. The van der Waals surface area contributed by atoms with Gasteiger partial charge in [-0.3, -0.25) is 29.3 Å². The zero-order chi connectivity index (χ0) is 29.9. The van der Waals surface area contributed by atoms with Gasteiger partial charge in [-0.15, -0.1) is 0 Å². The van der Waals surface area contributed by atoms with Gasteiger partial charge in [0.1, 0.15) is 17.2 Å². The van der Waals surface area contributed by atoms with Crippen molar-refractivity contribution in [3.05, 3.63) is 72.1 Å². The van der Waals surface area contributed by atoms with Gasteiger partial charge in [0.05, 0.1) is 35.3 Å². The van der Waals surface area contributed by atoms with Crippen molar-refractivity contribution in [1.29, 1.82) is 0 Å². The maximum absolute atomic E-state index is 11.8. The fourth-order valence-electron chi connectivity index (χ4n) is 4.97. The molecule has 230 valence electrons. The number of nitrogens with zero attached hydrogens (tertiary/aromatic N) is 6. The largest absolute Gasteiger partial charge is 0.505 e. The zero-order valence-corrected chi connectivity index (χ0v) is 24.9. The van der Waals surface area contributed by atoms with Gasteiger partial charge in [0.25, 0.3) is 17.7 Å². The molecule has 12 nitrogen and oxygen atoms in total. The van der Waals surface area contributed by atoms with E-state index in [4.69, 9.17) is 0 Å². The summed E-state index contributed by atoms with van der Waals surface area (Å²) in [7, 11) is 0. The number of amides is 3. The predicted octanol–water partition coefficient (Wildman–Crippen LogP) is 3.07. The van der Waals surface area contributed by atoms with Crippen LogP contribution in [0.3, 0.4) is 0 Å². The van der Waals surface area contributed by atoms with Crippen LogP contribution in [0.25, 0.3) is 0 Å². The Labute approximate surface area is 260 Å². The maximum Gasteiger partial charge on any atom is 0.257 e. The van der Waals surface area contributed by atoms with Crippen LogP contribution in [0.5, 0.6) is 17.2 Å². The number of aromatic hydroxyl groups is 3. The van der Waals surface area contributed by atoms with Crippen LogP contribution in [0.15, 0.2) is 55.4 Å². The van der Waals surface area contributed by atoms with Crippen LogP contribution < -0.4 is 0 Å². The number of aromatic nitrogens is 3. The monoisotopic (exact) mass is 632 g/mol. The second-order valence-corrected chi connectivity index (χ2v) is 10.2. The molecule has 6 heterocycles. The van der Waals surface area contributed by atoms with Gasteiger partial charge in [0.15, 0.2) is 0 Å². The van der Waals surface area contributed by atoms with Crippen LogP contribution in [0, 0.1) is 0 Å². The molecule has 3 aromatic rings. The van der Waals surface area contributed by atoms with Crippen LogP contribution >= 0.6 is 0 Å². The van der Waals surface area contributed by atoms with Gasteiger partial charge in [0.2, 0.25) is 0 Å². The summed E-state index contributed by atoms with van der Waals surface area (Å²) in [5.74, 6) is -0.398. The predicted molar refractivity (Wildman–Crippen MR) is 153 cm³/mol. The first-order chi connectivity index (χ1) is 20.4. The number of pyridine rings is 3. The van der Waals surface area contributed by atoms with Gasteiger partial charge < -0.3 is 30.0 Å². The Morgan fingerprint density at radius 1 is 0.488 bits per heavy atom. The van der Waals surface area contributed by atoms with Crippen LogP contribution in [0.1, 0.15) is 69.6 Å². The molecule has 3 saturated heterocycles. The van der Waals surface area contributed by atoms with E-state index >= 15 is 0 Å². The number of likely N-dealkylation sites (tertiary alicyclic amines) is 3. The van der Waals surface area contributed by atoms with E-state index in [0.29, 0.717) is 16.7 Å². The van der Waals surface area contributed by atoms with Crippen molar-refractivity contribution in [3.8, 4) is 17.2 Å². The summed E-state index contributed by atoms with van der Waals surface area (Å²) in [4.78, 5) is 51.9. The quantitative estimate of drug-likeness (QED) is 0.369. The third kappa shape index (κ3) is 8.88. The molecule has 43 heavy (non-hydrogen) atoms. The molecule has 13 heteroatoms. The van der Waals surface area contributed by atoms with Gasteiger partial charge in [-0.2, -0.15) is 0 Å². The van der Waals surface area contributed by atoms with Crippen molar-refractivity contribution >= 4 is 17.7 Å². The molecule has 3 N–H and O–H groups in total. The molecule has 0 radical (unpaired) electrons. The summed E-state index contributed by atoms with van der Waals surface area (Å²) in [6.07, 6.45) is 14.8. The van der Waals surface area contributed by atoms with Gasteiger partial charge in [-0.1, -0.05) is 0 Å². The van der Waals surface area contributed by atoms with Crippen molar-refractivity contribution in [2.45, 2.75) is 38.5 Å². The first kappa shape index (κ1) is 33.3. The van der Waals surface area contributed by atoms with Gasteiger partial charge in [-0.25, -0.2) is 0 Å². The van der Waals surface area contributed by atoms with E-state index in [0.717, 1.165) is 77.8 Å². The standard InChI is InChI=1S/3C10H12N2O2.Fe/c3*13-9-7-11-4-3-8(9)10(14)12-5-1-2-6-12;/h3*3-4,7,13H,1-2,5-6H2;. The van der Waals surface area contributed by atoms with Gasteiger partial charge >= 0.3 is 0 Å². The molecule has 3 aromatic heterocycles. The summed E-state index contributed by atoms with van der Waals surface area (Å²) in [6, 6.07) is 4.65. The molecule has 0 aromatic carbocycles. The minimum Gasteiger partial charge on any atom is -0.505 e. The van der Waals surface area contributed by atoms with E-state index in [9.17, 15) is 29.7 Å². The second kappa shape index (κ2) is 16.4. The molecule has 0 bridgehead atoms. The molecule has 0 unspecified atom stereocenters. The fourth-order valence-corrected chi connectivity index (χ4v) is 4.97. The normalized spacial score (nSPS) is 15.5. The number of hydrogen-bond acceptors (Lipinski definition) is 9. The molecule has 0 aliphatic carbocycles. The molecule has 3 amide bonds. The Morgan fingerprint density at radius 2 is 0.721 bits per heavy atom. The van der Waals surface area contributed by atoms with Crippen molar-refractivity contribution < 1.29 is 46.8 Å². The Balaban J connectivity index is 0.000000175. The van der Waals surface area contributed by atoms with E-state index in [1.54, 1.807) is 32.9 Å². The Kier molecular flexibility index (Phi) is 12.7. The van der Waals surface area contributed by atoms with Crippen molar-refractivity contribution in [3.63, 3.8) is 0 Å². The number of carbonyl (C=O) groups is 3. The first-order valence-electron chi connectivity index (χ1n) is 14.1. The van der Waals surface area contributed by atoms with Crippen molar-refractivity contribution in [1.82, 2.24) is 29.7 Å². The van der Waals surface area contributed by atoms with E-state index < -0.39 is 0 Å².